The van der Waals surface area contributed by atoms with Crippen LogP contribution in [0.3, 0.4) is 0 Å². The van der Waals surface area contributed by atoms with E-state index in [0.717, 1.165) is 22.0 Å². The van der Waals surface area contributed by atoms with E-state index in [0.29, 0.717) is 22.7 Å². The standard InChI is InChI=1S/C21H13FN6O/c22-16-8-13(5-6-18(16)27-29)19-9-20(23)28-21(26-19)15(11-25-28)14-7-12-3-1-2-4-17(12)24-10-14/h1-11H,23H2. The molecule has 140 valence electrons. The Balaban J connectivity index is 1.69. The molecule has 0 radical (unpaired) electrons. The molecule has 7 nitrogen and oxygen atoms in total. The van der Waals surface area contributed by atoms with Gasteiger partial charge in [-0.15, -0.1) is 4.91 Å². The van der Waals surface area contributed by atoms with E-state index in [1.54, 1.807) is 24.5 Å². The third-order valence-corrected chi connectivity index (χ3v) is 4.74. The highest BCUT2D eigenvalue weighted by Gasteiger charge is 2.14. The van der Waals surface area contributed by atoms with Crippen LogP contribution in [0.15, 0.2) is 72.2 Å². The van der Waals surface area contributed by atoms with Crippen molar-refractivity contribution in [2.75, 3.05) is 5.73 Å². The van der Waals surface area contributed by atoms with Gasteiger partial charge in [0.2, 0.25) is 0 Å². The van der Waals surface area contributed by atoms with Crippen molar-refractivity contribution < 1.29 is 4.39 Å². The average molecular weight is 384 g/mol. The molecule has 5 aromatic rings. The molecule has 0 spiro atoms. The Morgan fingerprint density at radius 1 is 1.00 bits per heavy atom. The van der Waals surface area contributed by atoms with Crippen LogP contribution in [0.4, 0.5) is 15.9 Å². The maximum absolute atomic E-state index is 14.0. The third kappa shape index (κ3) is 2.78. The van der Waals surface area contributed by atoms with Crippen molar-refractivity contribution in [2.45, 2.75) is 0 Å². The van der Waals surface area contributed by atoms with E-state index in [2.05, 4.69) is 20.2 Å². The summed E-state index contributed by atoms with van der Waals surface area (Å²) in [5.74, 6) is -0.367. The smallest absolute Gasteiger partial charge is 0.165 e. The lowest BCUT2D eigenvalue weighted by atomic mass is 10.1. The fourth-order valence-electron chi connectivity index (χ4n) is 3.30. The number of anilines is 1. The van der Waals surface area contributed by atoms with Crippen molar-refractivity contribution >= 4 is 28.1 Å². The van der Waals surface area contributed by atoms with Crippen molar-refractivity contribution in [1.29, 1.82) is 0 Å². The summed E-state index contributed by atoms with van der Waals surface area (Å²) < 4.78 is 15.5. The topological polar surface area (TPSA) is 98.5 Å². The molecule has 3 aromatic heterocycles. The molecule has 29 heavy (non-hydrogen) atoms. The maximum Gasteiger partial charge on any atom is 0.165 e. The Labute approximate surface area is 163 Å². The molecule has 8 heteroatoms. The molecule has 3 heterocycles. The van der Waals surface area contributed by atoms with Gasteiger partial charge in [-0.3, -0.25) is 4.98 Å². The Morgan fingerprint density at radius 3 is 2.69 bits per heavy atom. The van der Waals surface area contributed by atoms with Gasteiger partial charge in [0.15, 0.2) is 11.5 Å². The second kappa shape index (κ2) is 6.45. The molecular formula is C21H13FN6O. The highest BCUT2D eigenvalue weighted by molar-refractivity contribution is 5.87. The molecule has 5 rings (SSSR count). The maximum atomic E-state index is 14.0. The largest absolute Gasteiger partial charge is 0.384 e. The van der Waals surface area contributed by atoms with Crippen molar-refractivity contribution in [2.24, 2.45) is 5.18 Å². The van der Waals surface area contributed by atoms with E-state index in [-0.39, 0.29) is 5.69 Å². The molecule has 0 aliphatic rings. The van der Waals surface area contributed by atoms with Gasteiger partial charge in [0, 0.05) is 34.3 Å². The van der Waals surface area contributed by atoms with E-state index in [4.69, 9.17) is 5.73 Å². The number of nitrogen functional groups attached to an aromatic ring is 1. The molecule has 0 amide bonds. The number of nitroso groups, excluding NO2 is 1. The highest BCUT2D eigenvalue weighted by atomic mass is 19.1. The number of fused-ring (bicyclic) bond motifs is 2. The quantitative estimate of drug-likeness (QED) is 0.453. The third-order valence-electron chi connectivity index (χ3n) is 4.74. The summed E-state index contributed by atoms with van der Waals surface area (Å²) in [6, 6.07) is 15.5. The fraction of sp³-hybridized carbons (Fsp3) is 0. The van der Waals surface area contributed by atoms with Crippen LogP contribution >= 0.6 is 0 Å². The summed E-state index contributed by atoms with van der Waals surface area (Å²) in [6.07, 6.45) is 3.43. The van der Waals surface area contributed by atoms with Crippen molar-refractivity contribution in [3.63, 3.8) is 0 Å². The average Bonchev–Trinajstić information content (AvgIpc) is 3.18. The molecule has 0 bridgehead atoms. The predicted octanol–water partition coefficient (Wildman–Crippen LogP) is 4.73. The summed E-state index contributed by atoms with van der Waals surface area (Å²) >= 11 is 0. The van der Waals surface area contributed by atoms with Gasteiger partial charge in [-0.1, -0.05) is 24.3 Å². The first-order chi connectivity index (χ1) is 14.1. The number of para-hydroxylation sites is 1. The van der Waals surface area contributed by atoms with Gasteiger partial charge < -0.3 is 5.73 Å². The van der Waals surface area contributed by atoms with Gasteiger partial charge in [0.25, 0.3) is 0 Å². The molecule has 0 saturated carbocycles. The van der Waals surface area contributed by atoms with E-state index in [1.807, 2.05) is 30.3 Å². The summed E-state index contributed by atoms with van der Waals surface area (Å²) in [7, 11) is 0. The van der Waals surface area contributed by atoms with Crippen LogP contribution in [0.25, 0.3) is 38.9 Å². The SMILES string of the molecule is Nc1cc(-c2ccc(N=O)c(F)c2)nc2c(-c3cnc4ccccc4c3)cnn12. The van der Waals surface area contributed by atoms with Crippen LogP contribution in [-0.2, 0) is 0 Å². The fourth-order valence-corrected chi connectivity index (χ4v) is 3.30. The van der Waals surface area contributed by atoms with Gasteiger partial charge in [0.1, 0.15) is 11.5 Å². The van der Waals surface area contributed by atoms with Crippen LogP contribution in [0, 0.1) is 10.7 Å². The molecule has 0 aliphatic heterocycles. The van der Waals surface area contributed by atoms with Gasteiger partial charge >= 0.3 is 0 Å². The minimum Gasteiger partial charge on any atom is -0.384 e. The predicted molar refractivity (Wildman–Crippen MR) is 109 cm³/mol. The zero-order chi connectivity index (χ0) is 20.0. The summed E-state index contributed by atoms with van der Waals surface area (Å²) in [5, 5.41) is 7.97. The molecule has 0 saturated heterocycles. The highest BCUT2D eigenvalue weighted by Crippen LogP contribution is 2.30. The van der Waals surface area contributed by atoms with Gasteiger partial charge in [-0.2, -0.15) is 9.61 Å². The molecule has 0 fully saturated rings. The minimum absolute atomic E-state index is 0.255. The number of nitrogens with zero attached hydrogens (tertiary/aromatic N) is 5. The number of hydrogen-bond donors (Lipinski definition) is 1. The Kier molecular flexibility index (Phi) is 3.77. The number of halogens is 1. The lowest BCUT2D eigenvalue weighted by molar-refractivity contribution is 0.630. The van der Waals surface area contributed by atoms with E-state index < -0.39 is 5.82 Å². The first kappa shape index (κ1) is 16.9. The molecule has 0 unspecified atom stereocenters. The summed E-state index contributed by atoms with van der Waals surface area (Å²) in [4.78, 5) is 19.7. The Morgan fingerprint density at radius 2 is 1.86 bits per heavy atom. The van der Waals surface area contributed by atoms with E-state index >= 15 is 0 Å². The van der Waals surface area contributed by atoms with Crippen molar-refractivity contribution in [3.05, 3.63) is 77.7 Å². The van der Waals surface area contributed by atoms with Crippen molar-refractivity contribution in [1.82, 2.24) is 19.6 Å². The number of aromatic nitrogens is 4. The number of rotatable bonds is 3. The monoisotopic (exact) mass is 384 g/mol. The summed E-state index contributed by atoms with van der Waals surface area (Å²) in [6.45, 7) is 0. The lowest BCUT2D eigenvalue weighted by Gasteiger charge is -2.07. The van der Waals surface area contributed by atoms with Crippen LogP contribution in [0.2, 0.25) is 0 Å². The molecule has 0 aliphatic carbocycles. The second-order valence-electron chi connectivity index (χ2n) is 6.53. The molecule has 0 atom stereocenters. The van der Waals surface area contributed by atoms with Gasteiger partial charge in [0.05, 0.1) is 17.4 Å². The van der Waals surface area contributed by atoms with E-state index in [1.165, 1.54) is 16.6 Å². The van der Waals surface area contributed by atoms with Crippen LogP contribution in [0.5, 0.6) is 0 Å². The number of hydrogen-bond acceptors (Lipinski definition) is 6. The van der Waals surface area contributed by atoms with Gasteiger partial charge in [-0.05, 0) is 29.4 Å². The molecule has 2 aromatic carbocycles. The van der Waals surface area contributed by atoms with Crippen molar-refractivity contribution in [3.8, 4) is 22.4 Å². The lowest BCUT2D eigenvalue weighted by Crippen LogP contribution is -2.01. The van der Waals surface area contributed by atoms with Crippen LogP contribution < -0.4 is 5.73 Å². The zero-order valence-electron chi connectivity index (χ0n) is 15.0. The number of benzene rings is 2. The second-order valence-corrected chi connectivity index (χ2v) is 6.53. The van der Waals surface area contributed by atoms with Crippen LogP contribution in [-0.4, -0.2) is 19.6 Å². The molecular weight excluding hydrogens is 371 g/mol. The van der Waals surface area contributed by atoms with E-state index in [9.17, 15) is 9.30 Å². The summed E-state index contributed by atoms with van der Waals surface area (Å²) in [5.41, 5.74) is 9.85. The Bertz CT molecular complexity index is 1410. The first-order valence-electron chi connectivity index (χ1n) is 8.77. The van der Waals surface area contributed by atoms with Gasteiger partial charge in [-0.25, -0.2) is 9.37 Å². The first-order valence-corrected chi connectivity index (χ1v) is 8.77. The minimum atomic E-state index is -0.717. The molecule has 2 N–H and O–H groups in total. The number of pyridine rings is 1. The van der Waals surface area contributed by atoms with Crippen LogP contribution in [0.1, 0.15) is 0 Å². The number of nitrogens with two attached hydrogens (primary N) is 1. The Hall–Kier alpha value is -4.20. The zero-order valence-corrected chi connectivity index (χ0v) is 15.0. The normalized spacial score (nSPS) is 11.2.